The van der Waals surface area contributed by atoms with Crippen molar-refractivity contribution in [1.29, 1.82) is 0 Å². The molecular formula is C17H12F6N2O3. The first-order valence-corrected chi connectivity index (χ1v) is 7.51. The van der Waals surface area contributed by atoms with Crippen LogP contribution in [0.1, 0.15) is 21.7 Å². The topological polar surface area (TPSA) is 47.0 Å². The molecule has 0 unspecified atom stereocenters. The number of rotatable bonds is 5. The maximum Gasteiger partial charge on any atom is 0.407 e. The lowest BCUT2D eigenvalue weighted by atomic mass is 10.1. The minimum Gasteiger partial charge on any atom is -0.467 e. The molecule has 5 nitrogen and oxygen atoms in total. The predicted molar refractivity (Wildman–Crippen MR) is 84.9 cm³/mol. The Kier molecular flexibility index (Phi) is 5.92. The fourth-order valence-electron chi connectivity index (χ4n) is 2.43. The zero-order chi connectivity index (χ0) is 21.1. The van der Waals surface area contributed by atoms with Gasteiger partial charge in [-0.1, -0.05) is 6.07 Å². The zero-order valence-corrected chi connectivity index (χ0v) is 14.2. The van der Waals surface area contributed by atoms with Crippen LogP contribution < -0.4 is 4.90 Å². The Bertz CT molecular complexity index is 896. The highest BCUT2D eigenvalue weighted by atomic mass is 19.4. The number of alkyl halides is 6. The van der Waals surface area contributed by atoms with E-state index >= 15 is 0 Å². The van der Waals surface area contributed by atoms with Crippen LogP contribution in [0.4, 0.5) is 37.7 Å². The van der Waals surface area contributed by atoms with Crippen molar-refractivity contribution in [3.63, 3.8) is 0 Å². The average molecular weight is 406 g/mol. The number of halogens is 6. The van der Waals surface area contributed by atoms with Crippen molar-refractivity contribution in [2.75, 3.05) is 18.6 Å². The second-order valence-corrected chi connectivity index (χ2v) is 5.53. The van der Waals surface area contributed by atoms with Crippen LogP contribution in [0.2, 0.25) is 0 Å². The van der Waals surface area contributed by atoms with Gasteiger partial charge in [0.2, 0.25) is 0 Å². The van der Waals surface area contributed by atoms with Crippen LogP contribution in [-0.2, 0) is 17.5 Å². The average Bonchev–Trinajstić information content (AvgIpc) is 3.06. The molecule has 0 amide bonds. The van der Waals surface area contributed by atoms with Gasteiger partial charge < -0.3 is 14.1 Å². The van der Waals surface area contributed by atoms with E-state index in [0.29, 0.717) is 11.0 Å². The fraction of sp³-hybridized carbons (Fsp3) is 0.294. The lowest BCUT2D eigenvalue weighted by Gasteiger charge is -2.26. The molecule has 2 rings (SSSR count). The molecular weight excluding hydrogens is 394 g/mol. The Hall–Kier alpha value is -3.16. The third-order valence-electron chi connectivity index (χ3n) is 3.63. The van der Waals surface area contributed by atoms with E-state index in [1.807, 2.05) is 0 Å². The Balaban J connectivity index is 2.49. The molecule has 28 heavy (non-hydrogen) atoms. The van der Waals surface area contributed by atoms with E-state index in [4.69, 9.17) is 11.0 Å². The molecule has 1 aromatic heterocycles. The van der Waals surface area contributed by atoms with E-state index < -0.39 is 48.3 Å². The lowest BCUT2D eigenvalue weighted by Crippen LogP contribution is -2.34. The number of esters is 1. The fourth-order valence-corrected chi connectivity index (χ4v) is 2.43. The van der Waals surface area contributed by atoms with E-state index in [1.165, 1.54) is 6.07 Å². The molecule has 2 aromatic rings. The molecule has 0 saturated heterocycles. The second kappa shape index (κ2) is 7.84. The minimum atomic E-state index is -4.93. The third kappa shape index (κ3) is 4.97. The summed E-state index contributed by atoms with van der Waals surface area (Å²) >= 11 is 0. The Morgan fingerprint density at radius 3 is 2.43 bits per heavy atom. The van der Waals surface area contributed by atoms with E-state index in [2.05, 4.69) is 9.58 Å². The molecule has 1 aromatic carbocycles. The predicted octanol–water partition coefficient (Wildman–Crippen LogP) is 5.20. The first-order valence-electron chi connectivity index (χ1n) is 7.51. The van der Waals surface area contributed by atoms with E-state index in [-0.39, 0.29) is 11.3 Å². The van der Waals surface area contributed by atoms with Gasteiger partial charge in [-0.2, -0.15) is 26.3 Å². The molecule has 0 aliphatic rings. The summed E-state index contributed by atoms with van der Waals surface area (Å²) in [7, 11) is 1.06. The van der Waals surface area contributed by atoms with Crippen molar-refractivity contribution in [3.05, 3.63) is 58.8 Å². The van der Waals surface area contributed by atoms with Crippen LogP contribution in [0.25, 0.3) is 4.85 Å². The highest BCUT2D eigenvalue weighted by molar-refractivity contribution is 5.90. The summed E-state index contributed by atoms with van der Waals surface area (Å²) in [6.07, 6.45) is -8.63. The van der Waals surface area contributed by atoms with Gasteiger partial charge in [0.1, 0.15) is 17.9 Å². The van der Waals surface area contributed by atoms with Gasteiger partial charge in [0.15, 0.2) is 5.69 Å². The smallest absolute Gasteiger partial charge is 0.407 e. The van der Waals surface area contributed by atoms with Gasteiger partial charge in [0.25, 0.3) is 0 Å². The number of carbonyl (C=O) groups is 1. The van der Waals surface area contributed by atoms with Crippen LogP contribution in [0, 0.1) is 6.57 Å². The van der Waals surface area contributed by atoms with Crippen LogP contribution in [0.3, 0.4) is 0 Å². The van der Waals surface area contributed by atoms with Gasteiger partial charge in [0, 0.05) is 5.69 Å². The van der Waals surface area contributed by atoms with E-state index in [9.17, 15) is 31.1 Å². The third-order valence-corrected chi connectivity index (χ3v) is 3.63. The summed E-state index contributed by atoms with van der Waals surface area (Å²) in [5.41, 5.74) is -2.69. The molecule has 0 radical (unpaired) electrons. The van der Waals surface area contributed by atoms with E-state index in [1.54, 1.807) is 0 Å². The van der Waals surface area contributed by atoms with Gasteiger partial charge in [0.05, 0.1) is 32.1 Å². The largest absolute Gasteiger partial charge is 0.467 e. The Labute approximate surface area is 154 Å². The number of furan rings is 1. The molecule has 0 atom stereocenters. The van der Waals surface area contributed by atoms with Gasteiger partial charge in [-0.05, 0) is 18.2 Å². The summed E-state index contributed by atoms with van der Waals surface area (Å²) in [6.45, 7) is 4.55. The molecule has 0 spiro atoms. The van der Waals surface area contributed by atoms with Crippen LogP contribution in [-0.4, -0.2) is 25.8 Å². The van der Waals surface area contributed by atoms with Crippen molar-refractivity contribution in [1.82, 2.24) is 0 Å². The molecule has 0 fully saturated rings. The van der Waals surface area contributed by atoms with Crippen molar-refractivity contribution in [3.8, 4) is 0 Å². The first kappa shape index (κ1) is 21.1. The second-order valence-electron chi connectivity index (χ2n) is 5.53. The maximum absolute atomic E-state index is 13.1. The summed E-state index contributed by atoms with van der Waals surface area (Å²) in [5.74, 6) is -1.08. The van der Waals surface area contributed by atoms with Crippen molar-refractivity contribution >= 4 is 17.3 Å². The van der Waals surface area contributed by atoms with Gasteiger partial charge >= 0.3 is 18.3 Å². The summed E-state index contributed by atoms with van der Waals surface area (Å²) in [5, 5.41) is 0. The molecule has 1 heterocycles. The Morgan fingerprint density at radius 2 is 1.89 bits per heavy atom. The number of carbonyl (C=O) groups excluding carboxylic acids is 1. The van der Waals surface area contributed by atoms with Gasteiger partial charge in [-0.25, -0.2) is 9.64 Å². The Morgan fingerprint density at radius 1 is 1.21 bits per heavy atom. The van der Waals surface area contributed by atoms with Crippen LogP contribution >= 0.6 is 0 Å². The number of benzene rings is 1. The summed E-state index contributed by atoms with van der Waals surface area (Å²) < 4.78 is 87.9. The molecule has 0 bridgehead atoms. The highest BCUT2D eigenvalue weighted by Gasteiger charge is 2.36. The lowest BCUT2D eigenvalue weighted by molar-refractivity contribution is -0.136. The number of hydrogen-bond donors (Lipinski definition) is 0. The monoisotopic (exact) mass is 406 g/mol. The zero-order valence-electron chi connectivity index (χ0n) is 14.2. The summed E-state index contributed by atoms with van der Waals surface area (Å²) in [4.78, 5) is 15.0. The van der Waals surface area contributed by atoms with Crippen molar-refractivity contribution in [2.24, 2.45) is 0 Å². The normalized spacial score (nSPS) is 11.8. The highest BCUT2D eigenvalue weighted by Crippen LogP contribution is 2.39. The summed E-state index contributed by atoms with van der Waals surface area (Å²) in [6, 6.07) is 3.39. The SMILES string of the molecule is [C-]#[N+]c1ccc(N(Cc2occc2C(=O)OC)CC(F)(F)F)cc1C(F)(F)F. The standard InChI is InChI=1S/C17H12F6N2O3/c1-24-13-4-3-10(7-12(13)17(21,22)23)25(9-16(18,19)20)8-14-11(5-6-28-14)15(26)27-2/h3-7H,8-9H2,2H3. The molecule has 0 N–H and O–H groups in total. The number of anilines is 1. The molecule has 150 valence electrons. The number of nitrogens with zero attached hydrogens (tertiary/aromatic N) is 2. The van der Waals surface area contributed by atoms with E-state index in [0.717, 1.165) is 25.5 Å². The molecule has 0 aliphatic carbocycles. The number of hydrogen-bond acceptors (Lipinski definition) is 4. The maximum atomic E-state index is 13.1. The van der Waals surface area contributed by atoms with Gasteiger partial charge in [-0.3, -0.25) is 0 Å². The van der Waals surface area contributed by atoms with Crippen LogP contribution in [0.5, 0.6) is 0 Å². The quantitative estimate of drug-likeness (QED) is 0.389. The minimum absolute atomic E-state index is 0.150. The molecule has 0 aliphatic heterocycles. The number of methoxy groups -OCH3 is 1. The van der Waals surface area contributed by atoms with Crippen LogP contribution in [0.15, 0.2) is 34.9 Å². The number of ether oxygens (including phenoxy) is 1. The van der Waals surface area contributed by atoms with Crippen molar-refractivity contribution < 1.29 is 40.3 Å². The van der Waals surface area contributed by atoms with Crippen molar-refractivity contribution in [2.45, 2.75) is 18.9 Å². The van der Waals surface area contributed by atoms with Gasteiger partial charge in [-0.15, -0.1) is 0 Å². The molecule has 0 saturated carbocycles. The molecule has 11 heteroatoms. The first-order chi connectivity index (χ1) is 13.0.